The van der Waals surface area contributed by atoms with Crippen molar-refractivity contribution in [2.24, 2.45) is 5.73 Å². The molecule has 0 aliphatic rings. The molecular weight excluding hydrogens is 250 g/mol. The number of nitrogens with two attached hydrogens (primary N) is 1. The maximum atomic E-state index is 11.9. The highest BCUT2D eigenvalue weighted by atomic mass is 16.1. The normalized spacial score (nSPS) is 10.0. The quantitative estimate of drug-likeness (QED) is 0.575. The zero-order chi connectivity index (χ0) is 14.4. The standard InChI is InChI=1S/C16H17N3O/c17-16(18)13-7-4-8-14(11-13)19-15(20)10-9-12-5-2-1-3-6-12/h1-8,11H,9-10H2,(H3,17,18)(H,19,20). The fourth-order valence-electron chi connectivity index (χ4n) is 1.89. The highest BCUT2D eigenvalue weighted by molar-refractivity contribution is 5.97. The van der Waals surface area contributed by atoms with E-state index in [-0.39, 0.29) is 11.7 Å². The molecule has 0 aliphatic carbocycles. The molecule has 0 radical (unpaired) electrons. The molecule has 0 unspecified atom stereocenters. The third-order valence-corrected chi connectivity index (χ3v) is 2.94. The Morgan fingerprint density at radius 1 is 1.10 bits per heavy atom. The third kappa shape index (κ3) is 3.95. The van der Waals surface area contributed by atoms with Gasteiger partial charge in [0.05, 0.1) is 0 Å². The van der Waals surface area contributed by atoms with E-state index in [1.807, 2.05) is 30.3 Å². The van der Waals surface area contributed by atoms with Crippen molar-refractivity contribution in [3.8, 4) is 0 Å². The van der Waals surface area contributed by atoms with Crippen molar-refractivity contribution in [3.05, 3.63) is 65.7 Å². The predicted octanol–water partition coefficient (Wildman–Crippen LogP) is 2.54. The minimum absolute atomic E-state index is 0.00890. The Morgan fingerprint density at radius 2 is 1.85 bits per heavy atom. The van der Waals surface area contributed by atoms with Crippen molar-refractivity contribution in [2.75, 3.05) is 5.32 Å². The molecular formula is C16H17N3O. The van der Waals surface area contributed by atoms with Gasteiger partial charge in [-0.25, -0.2) is 0 Å². The molecule has 2 aromatic rings. The third-order valence-electron chi connectivity index (χ3n) is 2.94. The van der Waals surface area contributed by atoms with Crippen molar-refractivity contribution in [1.29, 1.82) is 5.41 Å². The molecule has 1 amide bonds. The second-order valence-corrected chi connectivity index (χ2v) is 4.53. The Balaban J connectivity index is 1.91. The van der Waals surface area contributed by atoms with Gasteiger partial charge in [-0.05, 0) is 24.1 Å². The van der Waals surface area contributed by atoms with Gasteiger partial charge in [0.25, 0.3) is 0 Å². The van der Waals surface area contributed by atoms with Crippen molar-refractivity contribution in [3.63, 3.8) is 0 Å². The SMILES string of the molecule is N=C(N)c1cccc(NC(=O)CCc2ccccc2)c1. The molecule has 2 rings (SSSR count). The first-order valence-corrected chi connectivity index (χ1v) is 6.43. The molecule has 0 aromatic heterocycles. The molecule has 4 N–H and O–H groups in total. The van der Waals surface area contributed by atoms with E-state index in [0.29, 0.717) is 24.1 Å². The summed E-state index contributed by atoms with van der Waals surface area (Å²) < 4.78 is 0. The molecule has 4 heteroatoms. The molecule has 0 fully saturated rings. The highest BCUT2D eigenvalue weighted by Crippen LogP contribution is 2.11. The van der Waals surface area contributed by atoms with Crippen LogP contribution < -0.4 is 11.1 Å². The van der Waals surface area contributed by atoms with Gasteiger partial charge in [0.1, 0.15) is 5.84 Å². The maximum absolute atomic E-state index is 11.9. The van der Waals surface area contributed by atoms with Crippen LogP contribution in [0.3, 0.4) is 0 Å². The van der Waals surface area contributed by atoms with Crippen LogP contribution in [0.25, 0.3) is 0 Å². The molecule has 0 bridgehead atoms. The molecule has 0 heterocycles. The first-order chi connectivity index (χ1) is 9.65. The monoisotopic (exact) mass is 267 g/mol. The number of nitrogens with one attached hydrogen (secondary N) is 2. The van der Waals surface area contributed by atoms with E-state index in [0.717, 1.165) is 5.56 Å². The van der Waals surface area contributed by atoms with Gasteiger partial charge in [-0.2, -0.15) is 0 Å². The predicted molar refractivity (Wildman–Crippen MR) is 80.9 cm³/mol. The highest BCUT2D eigenvalue weighted by Gasteiger charge is 2.04. The number of nitrogen functional groups attached to an aromatic ring is 1. The van der Waals surface area contributed by atoms with E-state index in [4.69, 9.17) is 11.1 Å². The fourth-order valence-corrected chi connectivity index (χ4v) is 1.89. The van der Waals surface area contributed by atoms with Crippen molar-refractivity contribution >= 4 is 17.4 Å². The van der Waals surface area contributed by atoms with Gasteiger partial charge >= 0.3 is 0 Å². The van der Waals surface area contributed by atoms with Crippen molar-refractivity contribution < 1.29 is 4.79 Å². The molecule has 0 saturated carbocycles. The fraction of sp³-hybridized carbons (Fsp3) is 0.125. The summed E-state index contributed by atoms with van der Waals surface area (Å²) in [7, 11) is 0. The average molecular weight is 267 g/mol. The van der Waals surface area contributed by atoms with Gasteiger partial charge in [-0.15, -0.1) is 0 Å². The molecule has 20 heavy (non-hydrogen) atoms. The number of amidine groups is 1. The van der Waals surface area contributed by atoms with Crippen LogP contribution in [0.2, 0.25) is 0 Å². The summed E-state index contributed by atoms with van der Waals surface area (Å²) in [5, 5.41) is 10.2. The van der Waals surface area contributed by atoms with Crippen LogP contribution in [0.15, 0.2) is 54.6 Å². The van der Waals surface area contributed by atoms with Crippen LogP contribution in [-0.4, -0.2) is 11.7 Å². The maximum Gasteiger partial charge on any atom is 0.224 e. The van der Waals surface area contributed by atoms with E-state index in [1.54, 1.807) is 24.3 Å². The number of hydrogen-bond acceptors (Lipinski definition) is 2. The molecule has 0 spiro atoms. The van der Waals surface area contributed by atoms with Crippen molar-refractivity contribution in [2.45, 2.75) is 12.8 Å². The Hall–Kier alpha value is -2.62. The van der Waals surface area contributed by atoms with Gasteiger partial charge in [0.15, 0.2) is 0 Å². The molecule has 0 atom stereocenters. The first-order valence-electron chi connectivity index (χ1n) is 6.43. The largest absolute Gasteiger partial charge is 0.384 e. The lowest BCUT2D eigenvalue weighted by molar-refractivity contribution is -0.116. The summed E-state index contributed by atoms with van der Waals surface area (Å²) in [6.07, 6.45) is 1.13. The van der Waals surface area contributed by atoms with Crippen LogP contribution in [-0.2, 0) is 11.2 Å². The lowest BCUT2D eigenvalue weighted by Gasteiger charge is -2.07. The number of carbonyl (C=O) groups is 1. The lowest BCUT2D eigenvalue weighted by atomic mass is 10.1. The van der Waals surface area contributed by atoms with Crippen LogP contribution in [0.5, 0.6) is 0 Å². The number of aryl methyl sites for hydroxylation is 1. The molecule has 102 valence electrons. The molecule has 4 nitrogen and oxygen atoms in total. The van der Waals surface area contributed by atoms with Crippen LogP contribution in [0, 0.1) is 5.41 Å². The number of rotatable bonds is 5. The summed E-state index contributed by atoms with van der Waals surface area (Å²) in [4.78, 5) is 11.9. The van der Waals surface area contributed by atoms with E-state index >= 15 is 0 Å². The van der Waals surface area contributed by atoms with Gasteiger partial charge in [0.2, 0.25) is 5.91 Å². The minimum Gasteiger partial charge on any atom is -0.384 e. The second-order valence-electron chi connectivity index (χ2n) is 4.53. The lowest BCUT2D eigenvalue weighted by Crippen LogP contribution is -2.14. The van der Waals surface area contributed by atoms with Crippen molar-refractivity contribution in [1.82, 2.24) is 0 Å². The Labute approximate surface area is 118 Å². The van der Waals surface area contributed by atoms with E-state index in [1.165, 1.54) is 0 Å². The topological polar surface area (TPSA) is 79.0 Å². The number of amides is 1. The zero-order valence-electron chi connectivity index (χ0n) is 11.1. The summed E-state index contributed by atoms with van der Waals surface area (Å²) >= 11 is 0. The zero-order valence-corrected chi connectivity index (χ0v) is 11.1. The smallest absolute Gasteiger partial charge is 0.224 e. The van der Waals surface area contributed by atoms with Gasteiger partial charge in [-0.3, -0.25) is 10.2 Å². The summed E-state index contributed by atoms with van der Waals surface area (Å²) in [6, 6.07) is 16.9. The minimum atomic E-state index is -0.0467. The summed E-state index contributed by atoms with van der Waals surface area (Å²) in [5.74, 6) is -0.0556. The molecule has 0 saturated heterocycles. The van der Waals surface area contributed by atoms with Crippen LogP contribution in [0.1, 0.15) is 17.5 Å². The average Bonchev–Trinajstić information content (AvgIpc) is 2.46. The second kappa shape index (κ2) is 6.52. The number of carbonyl (C=O) groups excluding carboxylic acids is 1. The number of benzene rings is 2. The summed E-state index contributed by atoms with van der Waals surface area (Å²) in [6.45, 7) is 0. The number of hydrogen-bond donors (Lipinski definition) is 3. The van der Waals surface area contributed by atoms with E-state index < -0.39 is 0 Å². The van der Waals surface area contributed by atoms with Crippen LogP contribution in [0.4, 0.5) is 5.69 Å². The molecule has 0 aliphatic heterocycles. The van der Waals surface area contributed by atoms with Gasteiger partial charge in [-0.1, -0.05) is 42.5 Å². The Bertz CT molecular complexity index is 608. The Kier molecular flexibility index (Phi) is 4.50. The number of anilines is 1. The first kappa shape index (κ1) is 13.8. The van der Waals surface area contributed by atoms with E-state index in [2.05, 4.69) is 5.32 Å². The molecule has 2 aromatic carbocycles. The Morgan fingerprint density at radius 3 is 2.55 bits per heavy atom. The summed E-state index contributed by atoms with van der Waals surface area (Å²) in [5.41, 5.74) is 7.82. The van der Waals surface area contributed by atoms with Gasteiger partial charge < -0.3 is 11.1 Å². The van der Waals surface area contributed by atoms with E-state index in [9.17, 15) is 4.79 Å². The van der Waals surface area contributed by atoms with Crippen LogP contribution >= 0.6 is 0 Å². The van der Waals surface area contributed by atoms with Gasteiger partial charge in [0, 0.05) is 17.7 Å².